The molecule has 0 spiro atoms. The van der Waals surface area contributed by atoms with Crippen molar-refractivity contribution in [1.29, 1.82) is 0 Å². The maximum absolute atomic E-state index is 12.4. The third-order valence-electron chi connectivity index (χ3n) is 2.20. The van der Waals surface area contributed by atoms with Crippen LogP contribution in [0.3, 0.4) is 0 Å². The number of benzene rings is 1. The minimum absolute atomic E-state index is 0.0770. The molecule has 8 heteroatoms. The third kappa shape index (κ3) is 5.63. The first-order valence-corrected chi connectivity index (χ1v) is 6.24. The van der Waals surface area contributed by atoms with Gasteiger partial charge in [0.1, 0.15) is 0 Å². The van der Waals surface area contributed by atoms with E-state index in [4.69, 9.17) is 5.73 Å². The lowest BCUT2D eigenvalue weighted by Gasteiger charge is -2.11. The molecule has 1 aromatic rings. The van der Waals surface area contributed by atoms with Gasteiger partial charge in [-0.1, -0.05) is 0 Å². The molecule has 0 aliphatic carbocycles. The summed E-state index contributed by atoms with van der Waals surface area (Å²) in [5, 5.41) is 0. The number of halogens is 6. The molecule has 1 nitrogen and oxygen atoms in total. The highest BCUT2D eigenvalue weighted by Crippen LogP contribution is 2.34. The van der Waals surface area contributed by atoms with Gasteiger partial charge in [0, 0.05) is 17.0 Å². The van der Waals surface area contributed by atoms with Gasteiger partial charge < -0.3 is 5.73 Å². The standard InChI is InChI=1S/C11H11F6NS/c12-10(13,14)4-1-5-19-9-3-2-7(6-8(9)18)11(15,16)17/h2-3,6H,1,4-5,18H2. The van der Waals surface area contributed by atoms with E-state index in [9.17, 15) is 26.3 Å². The average Bonchev–Trinajstić information content (AvgIpc) is 2.23. The molecule has 108 valence electrons. The number of nitrogen functional groups attached to an aromatic ring is 1. The Bertz CT molecular complexity index is 426. The smallest absolute Gasteiger partial charge is 0.398 e. The summed E-state index contributed by atoms with van der Waals surface area (Å²) in [6.45, 7) is 0. The van der Waals surface area contributed by atoms with E-state index in [2.05, 4.69) is 0 Å². The second kappa shape index (κ2) is 5.94. The van der Waals surface area contributed by atoms with Gasteiger partial charge in [-0.25, -0.2) is 0 Å². The van der Waals surface area contributed by atoms with Crippen LogP contribution < -0.4 is 5.73 Å². The van der Waals surface area contributed by atoms with Gasteiger partial charge in [0.25, 0.3) is 0 Å². The molecule has 0 aromatic heterocycles. The Morgan fingerprint density at radius 3 is 2.16 bits per heavy atom. The summed E-state index contributed by atoms with van der Waals surface area (Å²) >= 11 is 1.01. The maximum atomic E-state index is 12.4. The zero-order chi connectivity index (χ0) is 14.7. The summed E-state index contributed by atoms with van der Waals surface area (Å²) in [5.74, 6) is 0.148. The molecule has 0 saturated heterocycles. The molecule has 0 bridgehead atoms. The number of rotatable bonds is 4. The van der Waals surface area contributed by atoms with Crippen molar-refractivity contribution in [2.24, 2.45) is 0 Å². The highest BCUT2D eigenvalue weighted by atomic mass is 32.2. The Balaban J connectivity index is 2.57. The van der Waals surface area contributed by atoms with E-state index >= 15 is 0 Å². The van der Waals surface area contributed by atoms with Crippen LogP contribution in [0.25, 0.3) is 0 Å². The molecular weight excluding hydrogens is 292 g/mol. The van der Waals surface area contributed by atoms with Gasteiger partial charge in [-0.2, -0.15) is 26.3 Å². The van der Waals surface area contributed by atoms with Gasteiger partial charge in [0.05, 0.1) is 5.56 Å². The molecule has 0 fully saturated rings. The lowest BCUT2D eigenvalue weighted by molar-refractivity contribution is -0.137. The summed E-state index contributed by atoms with van der Waals surface area (Å²) in [4.78, 5) is 0.357. The first-order valence-electron chi connectivity index (χ1n) is 5.26. The number of hydrogen-bond acceptors (Lipinski definition) is 2. The van der Waals surface area contributed by atoms with E-state index in [1.807, 2.05) is 0 Å². The molecule has 19 heavy (non-hydrogen) atoms. The molecule has 0 aliphatic rings. The van der Waals surface area contributed by atoms with E-state index in [0.717, 1.165) is 23.9 Å². The molecule has 1 aromatic carbocycles. The number of nitrogens with two attached hydrogens (primary N) is 1. The second-order valence-corrected chi connectivity index (χ2v) is 4.95. The van der Waals surface area contributed by atoms with Gasteiger partial charge in [0.15, 0.2) is 0 Å². The fourth-order valence-corrected chi connectivity index (χ4v) is 2.21. The monoisotopic (exact) mass is 303 g/mol. The highest BCUT2D eigenvalue weighted by Gasteiger charge is 2.31. The largest absolute Gasteiger partial charge is 0.416 e. The Labute approximate surface area is 110 Å². The average molecular weight is 303 g/mol. The summed E-state index contributed by atoms with van der Waals surface area (Å²) in [7, 11) is 0. The Kier molecular flexibility index (Phi) is 5.00. The topological polar surface area (TPSA) is 26.0 Å². The molecule has 2 N–H and O–H groups in total. The summed E-state index contributed by atoms with van der Waals surface area (Å²) in [5.41, 5.74) is 4.50. The van der Waals surface area contributed by atoms with Crippen LogP contribution in [0.15, 0.2) is 23.1 Å². The Morgan fingerprint density at radius 1 is 1.05 bits per heavy atom. The second-order valence-electron chi connectivity index (χ2n) is 3.82. The van der Waals surface area contributed by atoms with Crippen molar-refractivity contribution in [2.75, 3.05) is 11.5 Å². The van der Waals surface area contributed by atoms with E-state index < -0.39 is 24.3 Å². The minimum Gasteiger partial charge on any atom is -0.398 e. The van der Waals surface area contributed by atoms with Crippen LogP contribution in [0.2, 0.25) is 0 Å². The van der Waals surface area contributed by atoms with Crippen LogP contribution in [-0.4, -0.2) is 11.9 Å². The number of alkyl halides is 6. The van der Waals surface area contributed by atoms with E-state index in [0.29, 0.717) is 4.90 Å². The molecular formula is C11H11F6NS. The zero-order valence-electron chi connectivity index (χ0n) is 9.61. The van der Waals surface area contributed by atoms with Gasteiger partial charge >= 0.3 is 12.4 Å². The fourth-order valence-electron chi connectivity index (χ4n) is 1.31. The number of thioether (sulfide) groups is 1. The van der Waals surface area contributed by atoms with E-state index in [-0.39, 0.29) is 17.9 Å². The van der Waals surface area contributed by atoms with Crippen LogP contribution in [0.5, 0.6) is 0 Å². The Morgan fingerprint density at radius 2 is 1.68 bits per heavy atom. The molecule has 0 heterocycles. The molecule has 0 amide bonds. The zero-order valence-corrected chi connectivity index (χ0v) is 10.4. The van der Waals surface area contributed by atoms with Crippen molar-refractivity contribution in [3.05, 3.63) is 23.8 Å². The first-order chi connectivity index (χ1) is 8.59. The van der Waals surface area contributed by atoms with Gasteiger partial charge in [-0.05, 0) is 30.4 Å². The third-order valence-corrected chi connectivity index (χ3v) is 3.37. The number of anilines is 1. The van der Waals surface area contributed by atoms with Crippen molar-refractivity contribution >= 4 is 17.4 Å². The van der Waals surface area contributed by atoms with E-state index in [1.54, 1.807) is 0 Å². The predicted molar refractivity (Wildman–Crippen MR) is 61.9 cm³/mol. The normalized spacial score (nSPS) is 12.7. The summed E-state index contributed by atoms with van der Waals surface area (Å²) in [6, 6.07) is 2.82. The van der Waals surface area contributed by atoms with Crippen LogP contribution >= 0.6 is 11.8 Å². The molecule has 0 radical (unpaired) electrons. The lowest BCUT2D eigenvalue weighted by atomic mass is 10.2. The van der Waals surface area contributed by atoms with Gasteiger partial charge in [-0.3, -0.25) is 0 Å². The van der Waals surface area contributed by atoms with Gasteiger partial charge in [-0.15, -0.1) is 11.8 Å². The number of hydrogen-bond donors (Lipinski definition) is 1. The molecule has 0 unspecified atom stereocenters. The van der Waals surface area contributed by atoms with E-state index in [1.165, 1.54) is 6.07 Å². The maximum Gasteiger partial charge on any atom is 0.416 e. The molecule has 0 saturated carbocycles. The summed E-state index contributed by atoms with van der Waals surface area (Å²) in [6.07, 6.45) is -9.71. The SMILES string of the molecule is Nc1cc(C(F)(F)F)ccc1SCCCC(F)(F)F. The lowest BCUT2D eigenvalue weighted by Crippen LogP contribution is -2.07. The quantitative estimate of drug-likeness (QED) is 0.377. The van der Waals surface area contributed by atoms with Crippen molar-refractivity contribution in [3.8, 4) is 0 Å². The summed E-state index contributed by atoms with van der Waals surface area (Å²) < 4.78 is 72.7. The fraction of sp³-hybridized carbons (Fsp3) is 0.455. The Hall–Kier alpha value is -1.05. The highest BCUT2D eigenvalue weighted by molar-refractivity contribution is 7.99. The van der Waals surface area contributed by atoms with Crippen LogP contribution in [-0.2, 0) is 6.18 Å². The van der Waals surface area contributed by atoms with Gasteiger partial charge in [0.2, 0.25) is 0 Å². The first kappa shape index (κ1) is 16.0. The van der Waals surface area contributed by atoms with Crippen LogP contribution in [0, 0.1) is 0 Å². The molecule has 0 aliphatic heterocycles. The van der Waals surface area contributed by atoms with Crippen molar-refractivity contribution in [3.63, 3.8) is 0 Å². The molecule has 1 rings (SSSR count). The van der Waals surface area contributed by atoms with Crippen LogP contribution in [0.1, 0.15) is 18.4 Å². The molecule has 0 atom stereocenters. The van der Waals surface area contributed by atoms with Crippen molar-refractivity contribution in [1.82, 2.24) is 0 Å². The van der Waals surface area contributed by atoms with Crippen molar-refractivity contribution in [2.45, 2.75) is 30.1 Å². The van der Waals surface area contributed by atoms with Crippen molar-refractivity contribution < 1.29 is 26.3 Å². The van der Waals surface area contributed by atoms with Crippen LogP contribution in [0.4, 0.5) is 32.0 Å². The minimum atomic E-state index is -4.48. The predicted octanol–water partition coefficient (Wildman–Crippen LogP) is 4.72.